The number of amides is 1. The molecule has 1 atom stereocenters. The zero-order valence-electron chi connectivity index (χ0n) is 15.1. The van der Waals surface area contributed by atoms with Crippen LogP contribution >= 0.6 is 27.7 Å². The first-order chi connectivity index (χ1) is 13.1. The zero-order chi connectivity index (χ0) is 18.8. The number of nitrogens with zero attached hydrogens (tertiary/aromatic N) is 4. The molecular weight excluding hydrogens is 424 g/mol. The smallest absolute Gasteiger partial charge is 0.232 e. The second kappa shape index (κ2) is 8.02. The Morgan fingerprint density at radius 2 is 2.19 bits per heavy atom. The van der Waals surface area contributed by atoms with Crippen LogP contribution in [0.5, 0.6) is 0 Å². The van der Waals surface area contributed by atoms with Crippen LogP contribution in [0.2, 0.25) is 0 Å². The average Bonchev–Trinajstić information content (AvgIpc) is 3.11. The molecule has 3 heterocycles. The molecule has 0 aliphatic carbocycles. The van der Waals surface area contributed by atoms with Gasteiger partial charge in [0.15, 0.2) is 5.65 Å². The lowest BCUT2D eigenvalue weighted by Gasteiger charge is -2.32. The summed E-state index contributed by atoms with van der Waals surface area (Å²) in [6, 6.07) is 12.1. The van der Waals surface area contributed by atoms with E-state index in [0.29, 0.717) is 12.3 Å². The third kappa shape index (κ3) is 4.04. The average molecular weight is 445 g/mol. The fourth-order valence-corrected chi connectivity index (χ4v) is 4.95. The number of carbonyl (C=O) groups is 1. The Bertz CT molecular complexity index is 974. The minimum Gasteiger partial charge on any atom is -0.341 e. The van der Waals surface area contributed by atoms with Crippen molar-refractivity contribution in [3.8, 4) is 0 Å². The van der Waals surface area contributed by atoms with Gasteiger partial charge in [-0.25, -0.2) is 0 Å². The van der Waals surface area contributed by atoms with Crippen molar-refractivity contribution in [2.75, 3.05) is 18.8 Å². The first-order valence-corrected chi connectivity index (χ1v) is 10.9. The molecule has 3 aromatic rings. The molecule has 27 heavy (non-hydrogen) atoms. The molecule has 4 rings (SSSR count). The molecule has 1 aromatic carbocycles. The van der Waals surface area contributed by atoms with Crippen LogP contribution in [-0.4, -0.2) is 44.2 Å². The maximum absolute atomic E-state index is 12.8. The fraction of sp³-hybridized carbons (Fsp3) is 0.350. The Hall–Kier alpha value is -1.86. The normalized spacial score (nSPS) is 17.4. The van der Waals surface area contributed by atoms with Gasteiger partial charge in [0.25, 0.3) is 0 Å². The quantitative estimate of drug-likeness (QED) is 0.562. The summed E-state index contributed by atoms with van der Waals surface area (Å²) in [7, 11) is 0. The van der Waals surface area contributed by atoms with Crippen LogP contribution in [0, 0.1) is 6.92 Å². The summed E-state index contributed by atoms with van der Waals surface area (Å²) >= 11 is 5.10. The molecule has 1 unspecified atom stereocenters. The molecule has 1 aliphatic heterocycles. The van der Waals surface area contributed by atoms with Gasteiger partial charge < -0.3 is 4.90 Å². The van der Waals surface area contributed by atoms with Gasteiger partial charge in [-0.1, -0.05) is 22.0 Å². The molecule has 1 aliphatic rings. The number of pyridine rings is 1. The highest BCUT2D eigenvalue weighted by Crippen LogP contribution is 2.28. The van der Waals surface area contributed by atoms with E-state index in [9.17, 15) is 4.79 Å². The number of likely N-dealkylation sites (tertiary alicyclic amines) is 1. The predicted molar refractivity (Wildman–Crippen MR) is 111 cm³/mol. The topological polar surface area (TPSA) is 50.5 Å². The number of hydrogen-bond donors (Lipinski definition) is 0. The number of thioether (sulfide) groups is 1. The molecule has 5 nitrogen and oxygen atoms in total. The van der Waals surface area contributed by atoms with Crippen molar-refractivity contribution >= 4 is 39.2 Å². The van der Waals surface area contributed by atoms with Crippen LogP contribution in [0.25, 0.3) is 5.65 Å². The molecule has 140 valence electrons. The van der Waals surface area contributed by atoms with Gasteiger partial charge in [-0.15, -0.1) is 22.0 Å². The van der Waals surface area contributed by atoms with Crippen LogP contribution in [0.4, 0.5) is 0 Å². The van der Waals surface area contributed by atoms with Crippen molar-refractivity contribution in [3.05, 3.63) is 58.5 Å². The molecule has 0 saturated carbocycles. The van der Waals surface area contributed by atoms with Crippen LogP contribution in [0.3, 0.4) is 0 Å². The second-order valence-corrected chi connectivity index (χ2v) is 8.80. The van der Waals surface area contributed by atoms with Gasteiger partial charge in [0.1, 0.15) is 5.82 Å². The van der Waals surface area contributed by atoms with Crippen molar-refractivity contribution in [1.82, 2.24) is 19.5 Å². The molecule has 0 bridgehead atoms. The van der Waals surface area contributed by atoms with Crippen molar-refractivity contribution in [2.24, 2.45) is 0 Å². The van der Waals surface area contributed by atoms with Crippen LogP contribution in [-0.2, 0) is 4.79 Å². The fourth-order valence-electron chi connectivity index (χ4n) is 3.56. The summed E-state index contributed by atoms with van der Waals surface area (Å²) in [6.07, 6.45) is 4.04. The number of hydrogen-bond acceptors (Lipinski definition) is 4. The molecule has 1 fully saturated rings. The van der Waals surface area contributed by atoms with E-state index in [-0.39, 0.29) is 11.8 Å². The van der Waals surface area contributed by atoms with Crippen LogP contribution in [0.1, 0.15) is 30.1 Å². The van der Waals surface area contributed by atoms with E-state index in [1.165, 1.54) is 5.56 Å². The Morgan fingerprint density at radius 1 is 1.30 bits per heavy atom. The van der Waals surface area contributed by atoms with Crippen LogP contribution in [0.15, 0.2) is 52.0 Å². The highest BCUT2D eigenvalue weighted by Gasteiger charge is 2.27. The largest absolute Gasteiger partial charge is 0.341 e. The number of fused-ring (bicyclic) bond motifs is 1. The van der Waals surface area contributed by atoms with E-state index in [1.807, 2.05) is 39.8 Å². The third-order valence-corrected chi connectivity index (χ3v) is 6.62. The SMILES string of the molecule is Cc1cc(Br)ccc1SCC(=O)N1CCCC(c2nnc3ccccn23)C1. The summed E-state index contributed by atoms with van der Waals surface area (Å²) < 4.78 is 3.11. The minimum atomic E-state index is 0.195. The first-order valence-electron chi connectivity index (χ1n) is 9.08. The number of benzene rings is 1. The minimum absolute atomic E-state index is 0.195. The molecule has 1 saturated heterocycles. The van der Waals surface area contributed by atoms with Gasteiger partial charge in [-0.05, 0) is 55.7 Å². The Morgan fingerprint density at radius 3 is 3.04 bits per heavy atom. The number of piperidine rings is 1. The molecule has 0 spiro atoms. The number of halogens is 1. The van der Waals surface area contributed by atoms with Gasteiger partial charge in [-0.2, -0.15) is 0 Å². The lowest BCUT2D eigenvalue weighted by molar-refractivity contribution is -0.129. The lowest BCUT2D eigenvalue weighted by atomic mass is 9.97. The number of carbonyl (C=O) groups excluding carboxylic acids is 1. The highest BCUT2D eigenvalue weighted by atomic mass is 79.9. The summed E-state index contributed by atoms with van der Waals surface area (Å²) in [5, 5.41) is 8.65. The number of rotatable bonds is 4. The lowest BCUT2D eigenvalue weighted by Crippen LogP contribution is -2.40. The monoisotopic (exact) mass is 444 g/mol. The molecule has 0 radical (unpaired) electrons. The Kier molecular flexibility index (Phi) is 5.50. The standard InChI is InChI=1S/C20H21BrN4OS/c1-14-11-16(21)7-8-17(14)27-13-19(26)24-9-4-5-15(12-24)20-23-22-18-6-2-3-10-25(18)20/h2-3,6-8,10-11,15H,4-5,9,12-13H2,1H3. The molecular formula is C20H21BrN4OS. The third-order valence-electron chi connectivity index (χ3n) is 4.97. The van der Waals surface area contributed by atoms with Crippen molar-refractivity contribution in [2.45, 2.75) is 30.6 Å². The van der Waals surface area contributed by atoms with Gasteiger partial charge in [0.05, 0.1) is 5.75 Å². The second-order valence-electron chi connectivity index (χ2n) is 6.86. The number of aromatic nitrogens is 3. The van der Waals surface area contributed by atoms with Crippen molar-refractivity contribution in [1.29, 1.82) is 0 Å². The highest BCUT2D eigenvalue weighted by molar-refractivity contribution is 9.10. The summed E-state index contributed by atoms with van der Waals surface area (Å²) in [6.45, 7) is 3.62. The first kappa shape index (κ1) is 18.5. The van der Waals surface area contributed by atoms with Gasteiger partial charge >= 0.3 is 0 Å². The predicted octanol–water partition coefficient (Wildman–Crippen LogP) is 4.30. The maximum Gasteiger partial charge on any atom is 0.232 e. The van der Waals surface area contributed by atoms with E-state index in [0.717, 1.165) is 40.2 Å². The molecule has 2 aromatic heterocycles. The van der Waals surface area contributed by atoms with Crippen LogP contribution < -0.4 is 0 Å². The Labute approximate surface area is 171 Å². The maximum atomic E-state index is 12.8. The van der Waals surface area contributed by atoms with E-state index >= 15 is 0 Å². The van der Waals surface area contributed by atoms with E-state index in [4.69, 9.17) is 0 Å². The molecule has 1 amide bonds. The van der Waals surface area contributed by atoms with E-state index in [2.05, 4.69) is 45.2 Å². The van der Waals surface area contributed by atoms with E-state index in [1.54, 1.807) is 11.8 Å². The Balaban J connectivity index is 1.42. The summed E-state index contributed by atoms with van der Waals surface area (Å²) in [4.78, 5) is 15.9. The number of aryl methyl sites for hydroxylation is 1. The summed E-state index contributed by atoms with van der Waals surface area (Å²) in [5.41, 5.74) is 2.05. The molecule has 7 heteroatoms. The zero-order valence-corrected chi connectivity index (χ0v) is 17.5. The van der Waals surface area contributed by atoms with Gasteiger partial charge in [0.2, 0.25) is 5.91 Å². The summed E-state index contributed by atoms with van der Waals surface area (Å²) in [5.74, 6) is 1.86. The van der Waals surface area contributed by atoms with Crippen molar-refractivity contribution in [3.63, 3.8) is 0 Å². The molecule has 0 N–H and O–H groups in total. The van der Waals surface area contributed by atoms with Gasteiger partial charge in [0, 0.05) is 34.6 Å². The van der Waals surface area contributed by atoms with E-state index < -0.39 is 0 Å². The van der Waals surface area contributed by atoms with Gasteiger partial charge in [-0.3, -0.25) is 9.20 Å². The van der Waals surface area contributed by atoms with Crippen molar-refractivity contribution < 1.29 is 4.79 Å².